The highest BCUT2D eigenvalue weighted by Crippen LogP contribution is 2.27. The zero-order valence-electron chi connectivity index (χ0n) is 8.49. The first-order valence-electron chi connectivity index (χ1n) is 4.81. The number of imide groups is 1. The number of carbonyl (C=O) groups is 2. The van der Waals surface area contributed by atoms with Crippen molar-refractivity contribution in [2.45, 2.75) is 19.8 Å². The van der Waals surface area contributed by atoms with E-state index in [1.165, 1.54) is 4.90 Å². The largest absolute Gasteiger partial charge is 0.399 e. The summed E-state index contributed by atoms with van der Waals surface area (Å²) in [5.74, 6) is -0.289. The van der Waals surface area contributed by atoms with Gasteiger partial charge in [0.1, 0.15) is 0 Å². The number of nitrogens with zero attached hydrogens (tertiary/aromatic N) is 1. The Labute approximate surface area is 87.7 Å². The van der Waals surface area contributed by atoms with Crippen LogP contribution in [-0.2, 0) is 9.59 Å². The van der Waals surface area contributed by atoms with Crippen LogP contribution in [0, 0.1) is 6.92 Å². The van der Waals surface area contributed by atoms with Gasteiger partial charge in [0.05, 0.1) is 5.69 Å². The molecule has 0 aliphatic carbocycles. The molecule has 1 aliphatic heterocycles. The van der Waals surface area contributed by atoms with Gasteiger partial charge in [-0.25, -0.2) is 0 Å². The van der Waals surface area contributed by atoms with E-state index in [-0.39, 0.29) is 11.8 Å². The molecule has 0 aromatic heterocycles. The molecule has 1 fully saturated rings. The minimum absolute atomic E-state index is 0.145. The maximum absolute atomic E-state index is 11.5. The molecule has 1 aromatic carbocycles. The molecule has 2 N–H and O–H groups in total. The number of aryl methyl sites for hydroxylation is 1. The summed E-state index contributed by atoms with van der Waals surface area (Å²) in [6.07, 6.45) is 0.597. The summed E-state index contributed by atoms with van der Waals surface area (Å²) < 4.78 is 0. The molecule has 0 saturated carbocycles. The van der Waals surface area contributed by atoms with Crippen molar-refractivity contribution in [3.63, 3.8) is 0 Å². The summed E-state index contributed by atoms with van der Waals surface area (Å²) in [5, 5.41) is 0. The summed E-state index contributed by atoms with van der Waals surface area (Å²) in [6, 6.07) is 5.23. The van der Waals surface area contributed by atoms with Crippen LogP contribution in [-0.4, -0.2) is 11.8 Å². The highest BCUT2D eigenvalue weighted by molar-refractivity contribution is 6.20. The maximum atomic E-state index is 11.5. The molecule has 78 valence electrons. The van der Waals surface area contributed by atoms with Gasteiger partial charge >= 0.3 is 0 Å². The highest BCUT2D eigenvalue weighted by Gasteiger charge is 2.31. The van der Waals surface area contributed by atoms with Crippen molar-refractivity contribution in [1.29, 1.82) is 0 Å². The molecule has 1 heterocycles. The molecule has 4 heteroatoms. The number of hydrogen-bond donors (Lipinski definition) is 1. The van der Waals surface area contributed by atoms with E-state index in [0.717, 1.165) is 5.56 Å². The van der Waals surface area contributed by atoms with Gasteiger partial charge in [-0.2, -0.15) is 0 Å². The zero-order valence-corrected chi connectivity index (χ0v) is 8.49. The molecular weight excluding hydrogens is 192 g/mol. The van der Waals surface area contributed by atoms with E-state index < -0.39 is 0 Å². The molecule has 2 amide bonds. The van der Waals surface area contributed by atoms with Crippen LogP contribution in [0.4, 0.5) is 11.4 Å². The number of rotatable bonds is 1. The van der Waals surface area contributed by atoms with Gasteiger partial charge in [0.15, 0.2) is 0 Å². The Balaban J connectivity index is 2.48. The van der Waals surface area contributed by atoms with Gasteiger partial charge in [-0.15, -0.1) is 0 Å². The van der Waals surface area contributed by atoms with E-state index in [2.05, 4.69) is 0 Å². The SMILES string of the molecule is Cc1ccc(N)cc1N1C(=O)CCC1=O. The number of nitrogens with two attached hydrogens (primary N) is 1. The predicted molar refractivity (Wildman–Crippen MR) is 57.3 cm³/mol. The first kappa shape index (κ1) is 9.71. The summed E-state index contributed by atoms with van der Waals surface area (Å²) in [6.45, 7) is 1.85. The molecule has 1 aliphatic rings. The lowest BCUT2D eigenvalue weighted by Gasteiger charge is -2.16. The lowest BCUT2D eigenvalue weighted by atomic mass is 10.1. The Morgan fingerprint density at radius 3 is 2.40 bits per heavy atom. The van der Waals surface area contributed by atoms with Gasteiger partial charge < -0.3 is 5.73 Å². The minimum atomic E-state index is -0.145. The van der Waals surface area contributed by atoms with E-state index in [1.54, 1.807) is 12.1 Å². The molecular formula is C11H12N2O2. The molecule has 1 saturated heterocycles. The molecule has 0 bridgehead atoms. The quantitative estimate of drug-likeness (QED) is 0.552. The smallest absolute Gasteiger partial charge is 0.234 e. The average Bonchev–Trinajstić information content (AvgIpc) is 2.51. The Morgan fingerprint density at radius 2 is 1.80 bits per heavy atom. The Morgan fingerprint density at radius 1 is 1.20 bits per heavy atom. The molecule has 0 spiro atoms. The van der Waals surface area contributed by atoms with Crippen LogP contribution < -0.4 is 10.6 Å². The fourth-order valence-electron chi connectivity index (χ4n) is 1.71. The van der Waals surface area contributed by atoms with Crippen LogP contribution in [0.2, 0.25) is 0 Å². The predicted octanol–water partition coefficient (Wildman–Crippen LogP) is 1.23. The monoisotopic (exact) mass is 204 g/mol. The lowest BCUT2D eigenvalue weighted by molar-refractivity contribution is -0.121. The third kappa shape index (κ3) is 1.58. The number of anilines is 2. The lowest BCUT2D eigenvalue weighted by Crippen LogP contribution is -2.29. The number of hydrogen-bond acceptors (Lipinski definition) is 3. The van der Waals surface area contributed by atoms with Crippen molar-refractivity contribution in [3.8, 4) is 0 Å². The Hall–Kier alpha value is -1.84. The first-order valence-corrected chi connectivity index (χ1v) is 4.81. The standard InChI is InChI=1S/C11H12N2O2/c1-7-2-3-8(12)6-9(7)13-10(14)4-5-11(13)15/h2-3,6H,4-5,12H2,1H3. The molecule has 4 nitrogen and oxygen atoms in total. The van der Waals surface area contributed by atoms with E-state index in [4.69, 9.17) is 5.73 Å². The highest BCUT2D eigenvalue weighted by atomic mass is 16.2. The van der Waals surface area contributed by atoms with Crippen LogP contribution in [0.3, 0.4) is 0 Å². The van der Waals surface area contributed by atoms with Gasteiger partial charge in [0.2, 0.25) is 11.8 Å². The fraction of sp³-hybridized carbons (Fsp3) is 0.273. The molecule has 0 atom stereocenters. The number of amides is 2. The van der Waals surface area contributed by atoms with E-state index in [1.807, 2.05) is 13.0 Å². The Bertz CT molecular complexity index is 424. The van der Waals surface area contributed by atoms with E-state index in [9.17, 15) is 9.59 Å². The summed E-state index contributed by atoms with van der Waals surface area (Å²) >= 11 is 0. The second-order valence-electron chi connectivity index (χ2n) is 3.67. The normalized spacial score (nSPS) is 16.2. The van der Waals surface area contributed by atoms with Crippen LogP contribution in [0.5, 0.6) is 0 Å². The van der Waals surface area contributed by atoms with Gasteiger partial charge in [-0.3, -0.25) is 14.5 Å². The van der Waals surface area contributed by atoms with Crippen molar-refractivity contribution in [3.05, 3.63) is 23.8 Å². The molecule has 1 aromatic rings. The minimum Gasteiger partial charge on any atom is -0.399 e. The second-order valence-corrected chi connectivity index (χ2v) is 3.67. The fourth-order valence-corrected chi connectivity index (χ4v) is 1.71. The molecule has 2 rings (SSSR count). The third-order valence-corrected chi connectivity index (χ3v) is 2.53. The average molecular weight is 204 g/mol. The molecule has 15 heavy (non-hydrogen) atoms. The van der Waals surface area contributed by atoms with Crippen molar-refractivity contribution < 1.29 is 9.59 Å². The summed E-state index contributed by atoms with van der Waals surface area (Å²) in [7, 11) is 0. The van der Waals surface area contributed by atoms with Crippen molar-refractivity contribution in [2.75, 3.05) is 10.6 Å². The first-order chi connectivity index (χ1) is 7.09. The number of nitrogen functional groups attached to an aromatic ring is 1. The molecule has 0 radical (unpaired) electrons. The van der Waals surface area contributed by atoms with Crippen LogP contribution in [0.25, 0.3) is 0 Å². The zero-order chi connectivity index (χ0) is 11.0. The van der Waals surface area contributed by atoms with Crippen molar-refractivity contribution >= 4 is 23.2 Å². The van der Waals surface area contributed by atoms with Gasteiger partial charge in [0.25, 0.3) is 0 Å². The van der Waals surface area contributed by atoms with Gasteiger partial charge in [0, 0.05) is 18.5 Å². The van der Waals surface area contributed by atoms with Crippen LogP contribution in [0.15, 0.2) is 18.2 Å². The van der Waals surface area contributed by atoms with Crippen molar-refractivity contribution in [2.24, 2.45) is 0 Å². The topological polar surface area (TPSA) is 63.4 Å². The van der Waals surface area contributed by atoms with Gasteiger partial charge in [-0.1, -0.05) is 6.07 Å². The second kappa shape index (κ2) is 3.38. The van der Waals surface area contributed by atoms with Crippen LogP contribution in [0.1, 0.15) is 18.4 Å². The summed E-state index contributed by atoms with van der Waals surface area (Å²) in [4.78, 5) is 24.3. The van der Waals surface area contributed by atoms with E-state index >= 15 is 0 Å². The number of benzene rings is 1. The van der Waals surface area contributed by atoms with E-state index in [0.29, 0.717) is 24.2 Å². The maximum Gasteiger partial charge on any atom is 0.234 e. The number of carbonyl (C=O) groups excluding carboxylic acids is 2. The van der Waals surface area contributed by atoms with Gasteiger partial charge in [-0.05, 0) is 24.6 Å². The Kier molecular flexibility index (Phi) is 2.19. The molecule has 0 unspecified atom stereocenters. The summed E-state index contributed by atoms with van der Waals surface area (Å²) in [5.41, 5.74) is 7.69. The van der Waals surface area contributed by atoms with Crippen LogP contribution >= 0.6 is 0 Å². The van der Waals surface area contributed by atoms with Crippen molar-refractivity contribution in [1.82, 2.24) is 0 Å². The third-order valence-electron chi connectivity index (χ3n) is 2.53.